The number of aryl methyl sites for hydroxylation is 1. The van der Waals surface area contributed by atoms with Crippen LogP contribution in [0.2, 0.25) is 0 Å². The van der Waals surface area contributed by atoms with Crippen LogP contribution in [0.15, 0.2) is 83.1 Å². The lowest BCUT2D eigenvalue weighted by Crippen LogP contribution is -2.17. The maximum atomic E-state index is 12.9. The molecule has 0 radical (unpaired) electrons. The summed E-state index contributed by atoms with van der Waals surface area (Å²) in [5.74, 6) is 0. The van der Waals surface area contributed by atoms with Crippen LogP contribution in [0.4, 0.5) is 0 Å². The van der Waals surface area contributed by atoms with Crippen LogP contribution in [0, 0.1) is 13.8 Å². The van der Waals surface area contributed by atoms with Gasteiger partial charge in [-0.05, 0) is 38.1 Å². The zero-order chi connectivity index (χ0) is 21.4. The number of para-hydroxylation sites is 2. The van der Waals surface area contributed by atoms with Crippen molar-refractivity contribution in [3.05, 3.63) is 100 Å². The Morgan fingerprint density at radius 2 is 1.55 bits per heavy atom. The Kier molecular flexibility index (Phi) is 4.51. The number of nitrogens with zero attached hydrogens (tertiary/aromatic N) is 7. The van der Waals surface area contributed by atoms with Gasteiger partial charge in [-0.3, -0.25) is 4.79 Å². The second-order valence-corrected chi connectivity index (χ2v) is 7.10. The van der Waals surface area contributed by atoms with Gasteiger partial charge in [0.25, 0.3) is 5.56 Å². The molecule has 0 saturated heterocycles. The Bertz CT molecular complexity index is 1460. The first-order valence-corrected chi connectivity index (χ1v) is 9.80. The third-order valence-electron chi connectivity index (χ3n) is 5.13. The monoisotopic (exact) mass is 409 g/mol. The van der Waals surface area contributed by atoms with Crippen LogP contribution in [0.1, 0.15) is 17.0 Å². The van der Waals surface area contributed by atoms with Gasteiger partial charge < -0.3 is 0 Å². The van der Waals surface area contributed by atoms with E-state index in [1.807, 2.05) is 79.2 Å². The smallest absolute Gasteiger partial charge is 0.266 e. The second-order valence-electron chi connectivity index (χ2n) is 7.10. The van der Waals surface area contributed by atoms with E-state index < -0.39 is 0 Å². The first-order chi connectivity index (χ1) is 15.1. The topological polar surface area (TPSA) is 82.9 Å². The lowest BCUT2D eigenvalue weighted by atomic mass is 10.2. The van der Waals surface area contributed by atoms with Crippen LogP contribution in [-0.4, -0.2) is 35.4 Å². The predicted octanol–water partition coefficient (Wildman–Crippen LogP) is 3.27. The Morgan fingerprint density at radius 1 is 0.903 bits per heavy atom. The molecule has 3 aromatic heterocycles. The SMILES string of the molecule is Cc1nn(-c2ccccc2)c(C)c1/C=N\n1cnc2c(cnn2-c2ccccc2)c1=O. The Hall–Kier alpha value is -4.33. The van der Waals surface area contributed by atoms with E-state index in [0.29, 0.717) is 11.0 Å². The predicted molar refractivity (Wildman–Crippen MR) is 119 cm³/mol. The van der Waals surface area contributed by atoms with Crippen LogP contribution in [0.5, 0.6) is 0 Å². The standard InChI is InChI=1S/C23H19N7O/c1-16-20(17(2)29(27-16)18-9-5-3-6-10-18)13-25-28-15-24-22-21(23(28)31)14-26-30(22)19-11-7-4-8-12-19/h3-15H,1-2H3/b25-13-. The lowest BCUT2D eigenvalue weighted by molar-refractivity contribution is 0.809. The lowest BCUT2D eigenvalue weighted by Gasteiger charge is -2.04. The number of hydrogen-bond donors (Lipinski definition) is 0. The molecule has 0 aliphatic rings. The molecule has 0 aliphatic carbocycles. The highest BCUT2D eigenvalue weighted by atomic mass is 16.1. The molecular formula is C23H19N7O. The number of hydrogen-bond acceptors (Lipinski definition) is 5. The fourth-order valence-corrected chi connectivity index (χ4v) is 3.52. The molecule has 0 amide bonds. The van der Waals surface area contributed by atoms with Gasteiger partial charge in [0, 0.05) is 5.56 Å². The van der Waals surface area contributed by atoms with E-state index >= 15 is 0 Å². The normalized spacial score (nSPS) is 11.5. The van der Waals surface area contributed by atoms with Crippen LogP contribution in [0.3, 0.4) is 0 Å². The maximum Gasteiger partial charge on any atom is 0.285 e. The van der Waals surface area contributed by atoms with Crippen molar-refractivity contribution in [2.75, 3.05) is 0 Å². The minimum Gasteiger partial charge on any atom is -0.266 e. The highest BCUT2D eigenvalue weighted by Crippen LogP contribution is 2.16. The summed E-state index contributed by atoms with van der Waals surface area (Å²) in [7, 11) is 0. The fraction of sp³-hybridized carbons (Fsp3) is 0.0870. The summed E-state index contributed by atoms with van der Waals surface area (Å²) in [6.45, 7) is 3.89. The van der Waals surface area contributed by atoms with Gasteiger partial charge in [0.05, 0.1) is 35.2 Å². The van der Waals surface area contributed by atoms with Crippen molar-refractivity contribution in [2.45, 2.75) is 13.8 Å². The van der Waals surface area contributed by atoms with E-state index in [2.05, 4.69) is 20.3 Å². The molecular weight excluding hydrogens is 390 g/mol. The van der Waals surface area contributed by atoms with Gasteiger partial charge in [-0.2, -0.15) is 20.0 Å². The minimum absolute atomic E-state index is 0.283. The van der Waals surface area contributed by atoms with Gasteiger partial charge in [-0.15, -0.1) is 0 Å². The van der Waals surface area contributed by atoms with E-state index in [9.17, 15) is 4.79 Å². The number of rotatable bonds is 4. The van der Waals surface area contributed by atoms with Crippen molar-refractivity contribution < 1.29 is 0 Å². The van der Waals surface area contributed by atoms with Crippen molar-refractivity contribution in [3.8, 4) is 11.4 Å². The molecule has 0 unspecified atom stereocenters. The van der Waals surface area contributed by atoms with Gasteiger partial charge in [0.15, 0.2) is 5.65 Å². The highest BCUT2D eigenvalue weighted by molar-refractivity contribution is 5.83. The summed E-state index contributed by atoms with van der Waals surface area (Å²) in [4.78, 5) is 17.3. The largest absolute Gasteiger partial charge is 0.285 e. The van der Waals surface area contributed by atoms with Crippen LogP contribution < -0.4 is 5.56 Å². The molecule has 0 atom stereocenters. The average Bonchev–Trinajstić information content (AvgIpc) is 3.36. The molecule has 0 aliphatic heterocycles. The van der Waals surface area contributed by atoms with Crippen molar-refractivity contribution >= 4 is 17.2 Å². The van der Waals surface area contributed by atoms with Crippen LogP contribution >= 0.6 is 0 Å². The summed E-state index contributed by atoms with van der Waals surface area (Å²) in [5, 5.41) is 13.7. The molecule has 2 aromatic carbocycles. The molecule has 0 N–H and O–H groups in total. The van der Waals surface area contributed by atoms with E-state index in [0.717, 1.165) is 28.3 Å². The van der Waals surface area contributed by atoms with Crippen molar-refractivity contribution in [1.29, 1.82) is 0 Å². The minimum atomic E-state index is -0.283. The van der Waals surface area contributed by atoms with E-state index in [1.165, 1.54) is 17.2 Å². The zero-order valence-corrected chi connectivity index (χ0v) is 17.0. The molecule has 3 heterocycles. The Balaban J connectivity index is 1.53. The molecule has 5 rings (SSSR count). The van der Waals surface area contributed by atoms with Crippen molar-refractivity contribution in [3.63, 3.8) is 0 Å². The van der Waals surface area contributed by atoms with Gasteiger partial charge in [-0.1, -0.05) is 36.4 Å². The summed E-state index contributed by atoms with van der Waals surface area (Å²) in [6.07, 6.45) is 4.58. The third kappa shape index (κ3) is 3.24. The molecule has 8 nitrogen and oxygen atoms in total. The summed E-state index contributed by atoms with van der Waals surface area (Å²) >= 11 is 0. The molecule has 0 saturated carbocycles. The van der Waals surface area contributed by atoms with Gasteiger partial charge in [0.2, 0.25) is 0 Å². The quantitative estimate of drug-likeness (QED) is 0.427. The van der Waals surface area contributed by atoms with E-state index in [1.54, 1.807) is 10.9 Å². The van der Waals surface area contributed by atoms with Crippen LogP contribution in [-0.2, 0) is 0 Å². The van der Waals surface area contributed by atoms with Gasteiger partial charge in [-0.25, -0.2) is 14.3 Å². The maximum absolute atomic E-state index is 12.9. The third-order valence-corrected chi connectivity index (χ3v) is 5.13. The second kappa shape index (κ2) is 7.49. The Morgan fingerprint density at radius 3 is 2.23 bits per heavy atom. The molecule has 0 bridgehead atoms. The molecule has 31 heavy (non-hydrogen) atoms. The van der Waals surface area contributed by atoms with Gasteiger partial charge >= 0.3 is 0 Å². The van der Waals surface area contributed by atoms with Gasteiger partial charge in [0.1, 0.15) is 11.7 Å². The fourth-order valence-electron chi connectivity index (χ4n) is 3.52. The first kappa shape index (κ1) is 18.7. The summed E-state index contributed by atoms with van der Waals surface area (Å²) in [6, 6.07) is 19.5. The number of aromatic nitrogens is 6. The highest BCUT2D eigenvalue weighted by Gasteiger charge is 2.13. The first-order valence-electron chi connectivity index (χ1n) is 9.80. The average molecular weight is 409 g/mol. The molecule has 5 aromatic rings. The van der Waals surface area contributed by atoms with Crippen LogP contribution in [0.25, 0.3) is 22.4 Å². The molecule has 0 spiro atoms. The number of benzene rings is 2. The van der Waals surface area contributed by atoms with E-state index in [4.69, 9.17) is 0 Å². The summed E-state index contributed by atoms with van der Waals surface area (Å²) < 4.78 is 4.73. The summed E-state index contributed by atoms with van der Waals surface area (Å²) in [5.41, 5.74) is 4.63. The van der Waals surface area contributed by atoms with Crippen molar-refractivity contribution in [1.82, 2.24) is 29.2 Å². The van der Waals surface area contributed by atoms with E-state index in [-0.39, 0.29) is 5.56 Å². The zero-order valence-electron chi connectivity index (χ0n) is 17.0. The molecule has 152 valence electrons. The molecule has 0 fully saturated rings. The van der Waals surface area contributed by atoms with Crippen molar-refractivity contribution in [2.24, 2.45) is 5.10 Å². The number of fused-ring (bicyclic) bond motifs is 1. The molecule has 8 heteroatoms. The Labute approximate surface area is 177 Å².